The fourth-order valence-electron chi connectivity index (χ4n) is 3.56. The van der Waals surface area contributed by atoms with Gasteiger partial charge in [0.15, 0.2) is 0 Å². The summed E-state index contributed by atoms with van der Waals surface area (Å²) in [5, 5.41) is 9.71. The smallest absolute Gasteiger partial charge is 0.125 e. The molecular weight excluding hydrogens is 271 g/mol. The third-order valence-electron chi connectivity index (χ3n) is 4.70. The maximum absolute atomic E-state index is 13.3. The number of hydrogen-bond acceptors (Lipinski definition) is 3. The van der Waals surface area contributed by atoms with Crippen LogP contribution in [0.4, 0.5) is 4.39 Å². The van der Waals surface area contributed by atoms with Gasteiger partial charge in [-0.15, -0.1) is 0 Å². The molecule has 1 aliphatic heterocycles. The van der Waals surface area contributed by atoms with Crippen LogP contribution in [-0.2, 0) is 4.74 Å². The Morgan fingerprint density at radius 3 is 2.86 bits per heavy atom. The number of aliphatic hydroxyl groups excluding tert-OH is 1. The molecule has 0 radical (unpaired) electrons. The molecule has 1 spiro atoms. The maximum Gasteiger partial charge on any atom is 0.125 e. The van der Waals surface area contributed by atoms with Crippen LogP contribution in [0, 0.1) is 5.82 Å². The van der Waals surface area contributed by atoms with Gasteiger partial charge in [0.25, 0.3) is 0 Å². The minimum absolute atomic E-state index is 0.101. The summed E-state index contributed by atoms with van der Waals surface area (Å²) in [6.45, 7) is 2.08. The molecule has 1 aromatic carbocycles. The van der Waals surface area contributed by atoms with Crippen molar-refractivity contribution in [1.29, 1.82) is 0 Å². The van der Waals surface area contributed by atoms with Crippen molar-refractivity contribution in [3.63, 3.8) is 0 Å². The van der Waals surface area contributed by atoms with Crippen LogP contribution in [0.15, 0.2) is 18.2 Å². The molecule has 1 aliphatic carbocycles. The van der Waals surface area contributed by atoms with Gasteiger partial charge in [0.1, 0.15) is 18.2 Å². The average Bonchev–Trinajstić information content (AvgIpc) is 3.08. The van der Waals surface area contributed by atoms with Gasteiger partial charge in [-0.2, -0.15) is 0 Å². The van der Waals surface area contributed by atoms with Gasteiger partial charge in [0.2, 0.25) is 0 Å². The molecule has 1 saturated heterocycles. The Bertz CT molecular complexity index is 495. The second-order valence-corrected chi connectivity index (χ2v) is 6.34. The number of ether oxygens (including phenoxy) is 2. The zero-order valence-corrected chi connectivity index (χ0v) is 12.5. The van der Waals surface area contributed by atoms with Gasteiger partial charge in [-0.3, -0.25) is 0 Å². The van der Waals surface area contributed by atoms with Gasteiger partial charge in [0, 0.05) is 5.56 Å². The minimum atomic E-state index is -0.749. The molecule has 116 valence electrons. The fourth-order valence-corrected chi connectivity index (χ4v) is 3.56. The molecular formula is C17H23FO3. The summed E-state index contributed by atoms with van der Waals surface area (Å²) in [5.74, 6) is 0.183. The summed E-state index contributed by atoms with van der Waals surface area (Å²) in [6.07, 6.45) is 6.35. The van der Waals surface area contributed by atoms with Crippen molar-refractivity contribution in [1.82, 2.24) is 0 Å². The lowest BCUT2D eigenvalue weighted by molar-refractivity contribution is -0.0511. The summed E-state index contributed by atoms with van der Waals surface area (Å²) in [4.78, 5) is 0. The Morgan fingerprint density at radius 2 is 2.14 bits per heavy atom. The lowest BCUT2D eigenvalue weighted by atomic mass is 9.98. The molecule has 2 aliphatic rings. The van der Waals surface area contributed by atoms with E-state index >= 15 is 0 Å². The molecule has 0 amide bonds. The van der Waals surface area contributed by atoms with E-state index in [0.29, 0.717) is 17.9 Å². The molecule has 4 heteroatoms. The average molecular weight is 294 g/mol. The molecule has 3 rings (SSSR count). The van der Waals surface area contributed by atoms with E-state index in [0.717, 1.165) is 12.8 Å². The quantitative estimate of drug-likeness (QED) is 0.919. The maximum atomic E-state index is 13.3. The first-order valence-corrected chi connectivity index (χ1v) is 7.86. The van der Waals surface area contributed by atoms with E-state index in [1.807, 2.05) is 0 Å². The van der Waals surface area contributed by atoms with Crippen LogP contribution in [0.3, 0.4) is 0 Å². The monoisotopic (exact) mass is 294 g/mol. The molecule has 2 atom stereocenters. The Morgan fingerprint density at radius 1 is 1.38 bits per heavy atom. The van der Waals surface area contributed by atoms with Crippen molar-refractivity contribution >= 4 is 0 Å². The summed E-state index contributed by atoms with van der Waals surface area (Å²) in [5.41, 5.74) is 0.591. The number of halogens is 1. The molecule has 2 unspecified atom stereocenters. The predicted octanol–water partition coefficient (Wildman–Crippen LogP) is 3.75. The molecule has 1 aromatic rings. The molecule has 21 heavy (non-hydrogen) atoms. The topological polar surface area (TPSA) is 38.7 Å². The highest BCUT2D eigenvalue weighted by Crippen LogP contribution is 2.43. The number of aliphatic hydroxyl groups is 1. The first-order chi connectivity index (χ1) is 10.1. The van der Waals surface area contributed by atoms with Crippen LogP contribution in [0.2, 0.25) is 0 Å². The fraction of sp³-hybridized carbons (Fsp3) is 0.647. The summed E-state index contributed by atoms with van der Waals surface area (Å²) >= 11 is 0. The van der Waals surface area contributed by atoms with Gasteiger partial charge < -0.3 is 14.6 Å². The van der Waals surface area contributed by atoms with Gasteiger partial charge in [-0.1, -0.05) is 12.8 Å². The second-order valence-electron chi connectivity index (χ2n) is 6.34. The van der Waals surface area contributed by atoms with Crippen molar-refractivity contribution in [3.05, 3.63) is 29.6 Å². The zero-order chi connectivity index (χ0) is 14.9. The Balaban J connectivity index is 1.61. The largest absolute Gasteiger partial charge is 0.490 e. The molecule has 1 saturated carbocycles. The molecule has 0 bridgehead atoms. The first kappa shape index (κ1) is 14.8. The van der Waals surface area contributed by atoms with E-state index in [2.05, 4.69) is 0 Å². The number of rotatable bonds is 4. The Labute approximate surface area is 125 Å². The van der Waals surface area contributed by atoms with Crippen LogP contribution in [0.25, 0.3) is 0 Å². The van der Waals surface area contributed by atoms with E-state index in [9.17, 15) is 9.50 Å². The van der Waals surface area contributed by atoms with E-state index < -0.39 is 6.10 Å². The first-order valence-electron chi connectivity index (χ1n) is 7.86. The number of hydrogen-bond donors (Lipinski definition) is 1. The van der Waals surface area contributed by atoms with E-state index in [-0.39, 0.29) is 17.5 Å². The van der Waals surface area contributed by atoms with Crippen LogP contribution in [0.1, 0.15) is 57.1 Å². The summed E-state index contributed by atoms with van der Waals surface area (Å²) < 4.78 is 25.2. The Hall–Kier alpha value is -1.13. The lowest BCUT2D eigenvalue weighted by Crippen LogP contribution is -2.27. The standard InChI is InChI=1S/C17H23FO3/c1-12(19)15-10-13(18)4-5-16(15)20-11-14-6-9-17(21-14)7-2-3-8-17/h4-5,10,12,14,19H,2-3,6-9,11H2,1H3. The highest BCUT2D eigenvalue weighted by Gasteiger charge is 2.42. The highest BCUT2D eigenvalue weighted by atomic mass is 19.1. The van der Waals surface area contributed by atoms with Crippen molar-refractivity contribution in [2.75, 3.05) is 6.61 Å². The van der Waals surface area contributed by atoms with E-state index in [4.69, 9.17) is 9.47 Å². The van der Waals surface area contributed by atoms with Crippen molar-refractivity contribution < 1.29 is 19.0 Å². The molecule has 1 heterocycles. The summed E-state index contributed by atoms with van der Waals surface area (Å²) in [7, 11) is 0. The van der Waals surface area contributed by atoms with Crippen LogP contribution < -0.4 is 4.74 Å². The normalized spacial score (nSPS) is 25.4. The van der Waals surface area contributed by atoms with Gasteiger partial charge in [-0.05, 0) is 50.8 Å². The molecule has 0 aromatic heterocycles. The van der Waals surface area contributed by atoms with Crippen molar-refractivity contribution in [2.24, 2.45) is 0 Å². The zero-order valence-electron chi connectivity index (χ0n) is 12.5. The van der Waals surface area contributed by atoms with Gasteiger partial charge in [-0.25, -0.2) is 4.39 Å². The third-order valence-corrected chi connectivity index (χ3v) is 4.70. The Kier molecular flexibility index (Phi) is 4.18. The number of benzene rings is 1. The summed E-state index contributed by atoms with van der Waals surface area (Å²) in [6, 6.07) is 4.26. The van der Waals surface area contributed by atoms with Gasteiger partial charge in [0.05, 0.1) is 17.8 Å². The second kappa shape index (κ2) is 5.93. The SMILES string of the molecule is CC(O)c1cc(F)ccc1OCC1CCC2(CCCC2)O1. The van der Waals surface area contributed by atoms with Crippen LogP contribution in [0.5, 0.6) is 5.75 Å². The van der Waals surface area contributed by atoms with E-state index in [1.165, 1.54) is 37.8 Å². The van der Waals surface area contributed by atoms with Crippen LogP contribution >= 0.6 is 0 Å². The van der Waals surface area contributed by atoms with Crippen molar-refractivity contribution in [2.45, 2.75) is 63.3 Å². The van der Waals surface area contributed by atoms with Gasteiger partial charge >= 0.3 is 0 Å². The minimum Gasteiger partial charge on any atom is -0.490 e. The third kappa shape index (κ3) is 3.22. The molecule has 2 fully saturated rings. The highest BCUT2D eigenvalue weighted by molar-refractivity contribution is 5.35. The molecule has 3 nitrogen and oxygen atoms in total. The van der Waals surface area contributed by atoms with Crippen molar-refractivity contribution in [3.8, 4) is 5.75 Å². The predicted molar refractivity (Wildman–Crippen MR) is 77.8 cm³/mol. The van der Waals surface area contributed by atoms with Crippen LogP contribution in [-0.4, -0.2) is 23.4 Å². The van der Waals surface area contributed by atoms with E-state index in [1.54, 1.807) is 13.0 Å². The lowest BCUT2D eigenvalue weighted by Gasteiger charge is -2.24. The molecule has 1 N–H and O–H groups in total.